The SMILES string of the molecule is CCNC(C)CCc1nc(C(CC)(CC)OCC)no1. The fraction of sp³-hybridized carbons (Fsp3) is 0.867. The molecule has 0 saturated carbocycles. The standard InChI is InChI=1S/C15H29N3O2/c1-6-15(7-2,19-9-4)14-17-13(20-18-14)11-10-12(5)16-8-3/h12,16H,6-11H2,1-5H3. The number of hydrogen-bond donors (Lipinski definition) is 1. The smallest absolute Gasteiger partial charge is 0.226 e. The molecule has 0 radical (unpaired) electrons. The first kappa shape index (κ1) is 17.1. The predicted molar refractivity (Wildman–Crippen MR) is 79.6 cm³/mol. The van der Waals surface area contributed by atoms with Crippen LogP contribution in [0.2, 0.25) is 0 Å². The highest BCUT2D eigenvalue weighted by Crippen LogP contribution is 2.30. The summed E-state index contributed by atoms with van der Waals surface area (Å²) in [5.41, 5.74) is -0.399. The Kier molecular flexibility index (Phi) is 7.16. The minimum atomic E-state index is -0.399. The lowest BCUT2D eigenvalue weighted by Gasteiger charge is -2.27. The zero-order valence-electron chi connectivity index (χ0n) is 13.5. The first-order valence-electron chi connectivity index (χ1n) is 7.82. The Labute approximate surface area is 122 Å². The van der Waals surface area contributed by atoms with Gasteiger partial charge in [-0.15, -0.1) is 0 Å². The van der Waals surface area contributed by atoms with Crippen LogP contribution in [0.5, 0.6) is 0 Å². The maximum atomic E-state index is 5.89. The van der Waals surface area contributed by atoms with Crippen molar-refractivity contribution in [3.05, 3.63) is 11.7 Å². The molecule has 0 aromatic carbocycles. The highest BCUT2D eigenvalue weighted by atomic mass is 16.5. The highest BCUT2D eigenvalue weighted by Gasteiger charge is 2.34. The lowest BCUT2D eigenvalue weighted by Crippen LogP contribution is -2.30. The average molecular weight is 283 g/mol. The van der Waals surface area contributed by atoms with Crippen LogP contribution in [0, 0.1) is 0 Å². The van der Waals surface area contributed by atoms with Gasteiger partial charge in [0.05, 0.1) is 0 Å². The number of hydrogen-bond acceptors (Lipinski definition) is 5. The monoisotopic (exact) mass is 283 g/mol. The van der Waals surface area contributed by atoms with E-state index in [-0.39, 0.29) is 0 Å². The van der Waals surface area contributed by atoms with Crippen molar-refractivity contribution in [1.29, 1.82) is 0 Å². The third-order valence-electron chi connectivity index (χ3n) is 3.78. The van der Waals surface area contributed by atoms with Crippen molar-refractivity contribution in [2.24, 2.45) is 0 Å². The minimum Gasteiger partial charge on any atom is -0.367 e. The van der Waals surface area contributed by atoms with Crippen LogP contribution in [0.25, 0.3) is 0 Å². The number of aryl methyl sites for hydroxylation is 1. The van der Waals surface area contributed by atoms with Gasteiger partial charge in [0.25, 0.3) is 0 Å². The van der Waals surface area contributed by atoms with Gasteiger partial charge in [0.15, 0.2) is 0 Å². The summed E-state index contributed by atoms with van der Waals surface area (Å²) < 4.78 is 11.3. The molecule has 0 amide bonds. The maximum Gasteiger partial charge on any atom is 0.226 e. The van der Waals surface area contributed by atoms with E-state index < -0.39 is 5.60 Å². The molecule has 0 aliphatic carbocycles. The molecule has 1 N–H and O–H groups in total. The van der Waals surface area contributed by atoms with Crippen LogP contribution in [0.15, 0.2) is 4.52 Å². The quantitative estimate of drug-likeness (QED) is 0.715. The van der Waals surface area contributed by atoms with Gasteiger partial charge in [-0.1, -0.05) is 25.9 Å². The summed E-state index contributed by atoms with van der Waals surface area (Å²) >= 11 is 0. The van der Waals surface area contributed by atoms with Crippen molar-refractivity contribution < 1.29 is 9.26 Å². The summed E-state index contributed by atoms with van der Waals surface area (Å²) in [5.74, 6) is 1.39. The maximum absolute atomic E-state index is 5.89. The van der Waals surface area contributed by atoms with Crippen LogP contribution in [-0.4, -0.2) is 29.3 Å². The molecule has 0 aliphatic rings. The van der Waals surface area contributed by atoms with Gasteiger partial charge in [0, 0.05) is 19.1 Å². The zero-order valence-corrected chi connectivity index (χ0v) is 13.5. The lowest BCUT2D eigenvalue weighted by molar-refractivity contribution is -0.0583. The largest absolute Gasteiger partial charge is 0.367 e. The Balaban J connectivity index is 2.69. The third-order valence-corrected chi connectivity index (χ3v) is 3.78. The van der Waals surface area contributed by atoms with Crippen LogP contribution in [0.1, 0.15) is 65.6 Å². The number of ether oxygens (including phenoxy) is 1. The Hall–Kier alpha value is -0.940. The molecular formula is C15H29N3O2. The van der Waals surface area contributed by atoms with E-state index in [1.54, 1.807) is 0 Å². The van der Waals surface area contributed by atoms with Crippen LogP contribution in [0.3, 0.4) is 0 Å². The summed E-state index contributed by atoms with van der Waals surface area (Å²) in [5, 5.41) is 7.52. The van der Waals surface area contributed by atoms with Gasteiger partial charge in [0.1, 0.15) is 5.60 Å². The molecule has 116 valence electrons. The molecule has 1 aromatic heterocycles. The summed E-state index contributed by atoms with van der Waals surface area (Å²) in [4.78, 5) is 4.54. The summed E-state index contributed by atoms with van der Waals surface area (Å²) in [6.45, 7) is 12.1. The second kappa shape index (κ2) is 8.37. The molecule has 20 heavy (non-hydrogen) atoms. The number of nitrogens with zero attached hydrogens (tertiary/aromatic N) is 2. The van der Waals surface area contributed by atoms with E-state index in [0.717, 1.165) is 32.2 Å². The predicted octanol–water partition coefficient (Wildman–Crippen LogP) is 3.05. The van der Waals surface area contributed by atoms with Crippen molar-refractivity contribution in [2.75, 3.05) is 13.2 Å². The van der Waals surface area contributed by atoms with Crippen LogP contribution in [-0.2, 0) is 16.8 Å². The van der Waals surface area contributed by atoms with Crippen molar-refractivity contribution in [3.63, 3.8) is 0 Å². The van der Waals surface area contributed by atoms with Gasteiger partial charge >= 0.3 is 0 Å². The second-order valence-corrected chi connectivity index (χ2v) is 5.14. The summed E-state index contributed by atoms with van der Waals surface area (Å²) in [6.07, 6.45) is 3.50. The minimum absolute atomic E-state index is 0.399. The second-order valence-electron chi connectivity index (χ2n) is 5.14. The summed E-state index contributed by atoms with van der Waals surface area (Å²) in [7, 11) is 0. The average Bonchev–Trinajstić information content (AvgIpc) is 2.92. The van der Waals surface area contributed by atoms with Crippen molar-refractivity contribution >= 4 is 0 Å². The zero-order chi connectivity index (χ0) is 15.0. The molecule has 1 atom stereocenters. The Morgan fingerprint density at radius 2 is 1.95 bits per heavy atom. The molecule has 1 rings (SSSR count). The van der Waals surface area contributed by atoms with Crippen LogP contribution >= 0.6 is 0 Å². The van der Waals surface area contributed by atoms with E-state index in [9.17, 15) is 0 Å². The molecule has 0 bridgehead atoms. The molecule has 0 fully saturated rings. The Bertz CT molecular complexity index is 375. The van der Waals surface area contributed by atoms with Gasteiger partial charge in [-0.25, -0.2) is 0 Å². The first-order valence-corrected chi connectivity index (χ1v) is 7.82. The van der Waals surface area contributed by atoms with E-state index in [1.807, 2.05) is 6.92 Å². The highest BCUT2D eigenvalue weighted by molar-refractivity contribution is 5.01. The Morgan fingerprint density at radius 3 is 2.50 bits per heavy atom. The van der Waals surface area contributed by atoms with Gasteiger partial charge in [-0.05, 0) is 39.7 Å². The number of aromatic nitrogens is 2. The molecular weight excluding hydrogens is 254 g/mol. The van der Waals surface area contributed by atoms with Gasteiger partial charge < -0.3 is 14.6 Å². The number of rotatable bonds is 10. The fourth-order valence-electron chi connectivity index (χ4n) is 2.44. The van der Waals surface area contributed by atoms with Crippen LogP contribution in [0.4, 0.5) is 0 Å². The van der Waals surface area contributed by atoms with Crippen molar-refractivity contribution in [1.82, 2.24) is 15.5 Å². The molecule has 0 aliphatic heterocycles. The van der Waals surface area contributed by atoms with E-state index in [4.69, 9.17) is 9.26 Å². The van der Waals surface area contributed by atoms with Gasteiger partial charge in [-0.3, -0.25) is 0 Å². The molecule has 5 nitrogen and oxygen atoms in total. The Morgan fingerprint density at radius 1 is 1.25 bits per heavy atom. The molecule has 1 heterocycles. The molecule has 1 aromatic rings. The molecule has 1 unspecified atom stereocenters. The van der Waals surface area contributed by atoms with E-state index in [2.05, 4.69) is 43.2 Å². The molecule has 5 heteroatoms. The fourth-order valence-corrected chi connectivity index (χ4v) is 2.44. The van der Waals surface area contributed by atoms with Gasteiger partial charge in [-0.2, -0.15) is 4.98 Å². The third kappa shape index (κ3) is 4.28. The normalized spacial score (nSPS) is 13.7. The van der Waals surface area contributed by atoms with E-state index in [0.29, 0.717) is 24.4 Å². The van der Waals surface area contributed by atoms with Crippen molar-refractivity contribution in [3.8, 4) is 0 Å². The topological polar surface area (TPSA) is 60.2 Å². The van der Waals surface area contributed by atoms with Gasteiger partial charge in [0.2, 0.25) is 11.7 Å². The molecule has 0 saturated heterocycles. The summed E-state index contributed by atoms with van der Waals surface area (Å²) in [6, 6.07) is 0.462. The van der Waals surface area contributed by atoms with Crippen molar-refractivity contribution in [2.45, 2.75) is 71.9 Å². The molecule has 0 spiro atoms. The first-order chi connectivity index (χ1) is 9.61. The van der Waals surface area contributed by atoms with Crippen LogP contribution < -0.4 is 5.32 Å². The lowest BCUT2D eigenvalue weighted by atomic mass is 9.96. The van der Waals surface area contributed by atoms with E-state index >= 15 is 0 Å². The van der Waals surface area contributed by atoms with E-state index in [1.165, 1.54) is 0 Å². The number of nitrogens with one attached hydrogen (secondary N) is 1.